The number of nitrogens with one attached hydrogen (secondary N) is 1. The summed E-state index contributed by atoms with van der Waals surface area (Å²) in [7, 11) is 0. The first kappa shape index (κ1) is 15.7. The molecule has 0 aliphatic rings. The number of ether oxygens (including phenoxy) is 1. The lowest BCUT2D eigenvalue weighted by atomic mass is 10.1. The fraction of sp³-hybridized carbons (Fsp3) is 0.429. The average molecular weight is 327 g/mol. The number of carbonyl (C=O) groups excluding carboxylic acids is 1. The van der Waals surface area contributed by atoms with Crippen LogP contribution in [0.15, 0.2) is 33.8 Å². The summed E-state index contributed by atoms with van der Waals surface area (Å²) in [6, 6.07) is 7.35. The molecule has 0 heterocycles. The van der Waals surface area contributed by atoms with Crippen molar-refractivity contribution < 1.29 is 9.53 Å². The quantitative estimate of drug-likeness (QED) is 0.643. The van der Waals surface area contributed by atoms with Crippen molar-refractivity contribution in [3.63, 3.8) is 0 Å². The normalized spacial score (nSPS) is 11.5. The molecular weight excluding hydrogens is 308 g/mol. The van der Waals surface area contributed by atoms with Crippen molar-refractivity contribution in [3.8, 4) is 5.75 Å². The Hall–Kier alpha value is -1.36. The minimum Gasteiger partial charge on any atom is -0.484 e. The predicted molar refractivity (Wildman–Crippen MR) is 80.3 cm³/mol. The van der Waals surface area contributed by atoms with Crippen LogP contribution in [0.1, 0.15) is 27.2 Å². The lowest BCUT2D eigenvalue weighted by molar-refractivity contribution is -0.123. The van der Waals surface area contributed by atoms with Gasteiger partial charge in [0, 0.05) is 10.2 Å². The Kier molecular flexibility index (Phi) is 6.56. The topological polar surface area (TPSA) is 50.7 Å². The van der Waals surface area contributed by atoms with Crippen LogP contribution in [0.2, 0.25) is 0 Å². The Morgan fingerprint density at radius 2 is 2.21 bits per heavy atom. The second-order valence-corrected chi connectivity index (χ2v) is 5.31. The maximum Gasteiger partial charge on any atom is 0.277 e. The number of hydrogen-bond donors (Lipinski definition) is 1. The number of rotatable bonds is 6. The Morgan fingerprint density at radius 1 is 1.47 bits per heavy atom. The van der Waals surface area contributed by atoms with Gasteiger partial charge in [0.05, 0.1) is 0 Å². The maximum absolute atomic E-state index is 11.6. The van der Waals surface area contributed by atoms with Gasteiger partial charge in [-0.3, -0.25) is 4.79 Å². The van der Waals surface area contributed by atoms with Crippen LogP contribution in [0.4, 0.5) is 0 Å². The SMILES string of the molecule is CC/C(=N/NC(=O)COc1cccc(Br)c1)C(C)C. The molecule has 4 nitrogen and oxygen atoms in total. The van der Waals surface area contributed by atoms with Crippen LogP contribution in [-0.2, 0) is 4.79 Å². The first-order valence-electron chi connectivity index (χ1n) is 6.26. The molecule has 0 aromatic heterocycles. The third kappa shape index (κ3) is 5.87. The zero-order valence-electron chi connectivity index (χ0n) is 11.4. The lowest BCUT2D eigenvalue weighted by Crippen LogP contribution is -2.26. The Labute approximate surface area is 122 Å². The van der Waals surface area contributed by atoms with Crippen LogP contribution in [0.3, 0.4) is 0 Å². The third-order valence-electron chi connectivity index (χ3n) is 2.52. The van der Waals surface area contributed by atoms with Crippen LogP contribution in [0, 0.1) is 5.92 Å². The number of hydrazone groups is 1. The molecule has 0 fully saturated rings. The summed E-state index contributed by atoms with van der Waals surface area (Å²) < 4.78 is 6.28. The summed E-state index contributed by atoms with van der Waals surface area (Å²) in [4.78, 5) is 11.6. The molecule has 0 atom stereocenters. The van der Waals surface area contributed by atoms with E-state index in [2.05, 4.69) is 26.5 Å². The summed E-state index contributed by atoms with van der Waals surface area (Å²) in [6.07, 6.45) is 0.824. The summed E-state index contributed by atoms with van der Waals surface area (Å²) in [5.41, 5.74) is 3.48. The van der Waals surface area contributed by atoms with Gasteiger partial charge in [0.2, 0.25) is 0 Å². The molecule has 1 N–H and O–H groups in total. The third-order valence-corrected chi connectivity index (χ3v) is 3.01. The fourth-order valence-electron chi connectivity index (χ4n) is 1.49. The highest BCUT2D eigenvalue weighted by atomic mass is 79.9. The molecule has 0 bridgehead atoms. The standard InChI is InChI=1S/C14H19BrN2O2/c1-4-13(10(2)3)16-17-14(18)9-19-12-7-5-6-11(15)8-12/h5-8,10H,4,9H2,1-3H3,(H,17,18)/b16-13-. The number of amides is 1. The minimum atomic E-state index is -0.258. The Morgan fingerprint density at radius 3 is 2.79 bits per heavy atom. The minimum absolute atomic E-state index is 0.0466. The van der Waals surface area contributed by atoms with Gasteiger partial charge in [0.15, 0.2) is 6.61 Å². The van der Waals surface area contributed by atoms with Crippen molar-refractivity contribution in [2.45, 2.75) is 27.2 Å². The van der Waals surface area contributed by atoms with Gasteiger partial charge in [-0.25, -0.2) is 5.43 Å². The first-order valence-corrected chi connectivity index (χ1v) is 7.06. The molecule has 1 amide bonds. The van der Waals surface area contributed by atoms with Crippen molar-refractivity contribution in [2.75, 3.05) is 6.61 Å². The van der Waals surface area contributed by atoms with E-state index < -0.39 is 0 Å². The number of hydrogen-bond acceptors (Lipinski definition) is 3. The summed E-state index contributed by atoms with van der Waals surface area (Å²) in [5.74, 6) is 0.718. The van der Waals surface area contributed by atoms with Crippen molar-refractivity contribution in [3.05, 3.63) is 28.7 Å². The van der Waals surface area contributed by atoms with Crippen molar-refractivity contribution >= 4 is 27.5 Å². The predicted octanol–water partition coefficient (Wildman–Crippen LogP) is 3.37. The van der Waals surface area contributed by atoms with Gasteiger partial charge in [-0.2, -0.15) is 5.10 Å². The van der Waals surface area contributed by atoms with Crippen molar-refractivity contribution in [1.82, 2.24) is 5.43 Å². The van der Waals surface area contributed by atoms with E-state index in [0.29, 0.717) is 11.7 Å². The largest absolute Gasteiger partial charge is 0.484 e. The molecule has 5 heteroatoms. The second-order valence-electron chi connectivity index (χ2n) is 4.39. The van der Waals surface area contributed by atoms with Crippen LogP contribution < -0.4 is 10.2 Å². The van der Waals surface area contributed by atoms with Crippen molar-refractivity contribution in [1.29, 1.82) is 0 Å². The molecule has 0 saturated carbocycles. The molecule has 0 radical (unpaired) electrons. The molecule has 1 aromatic rings. The molecule has 0 aliphatic carbocycles. The van der Waals surface area contributed by atoms with Crippen LogP contribution >= 0.6 is 15.9 Å². The van der Waals surface area contributed by atoms with Gasteiger partial charge >= 0.3 is 0 Å². The monoisotopic (exact) mass is 326 g/mol. The molecule has 1 aromatic carbocycles. The van der Waals surface area contributed by atoms with Crippen LogP contribution in [-0.4, -0.2) is 18.2 Å². The Balaban J connectivity index is 2.44. The van der Waals surface area contributed by atoms with E-state index in [1.807, 2.05) is 39.0 Å². The van der Waals surface area contributed by atoms with E-state index in [-0.39, 0.29) is 12.5 Å². The van der Waals surface area contributed by atoms with E-state index in [0.717, 1.165) is 16.6 Å². The van der Waals surface area contributed by atoms with E-state index in [1.54, 1.807) is 6.07 Å². The average Bonchev–Trinajstić information content (AvgIpc) is 2.37. The summed E-state index contributed by atoms with van der Waals surface area (Å²) in [5, 5.41) is 4.10. The van der Waals surface area contributed by atoms with E-state index in [9.17, 15) is 4.79 Å². The number of carbonyl (C=O) groups is 1. The van der Waals surface area contributed by atoms with Gasteiger partial charge in [0.25, 0.3) is 5.91 Å². The summed E-state index contributed by atoms with van der Waals surface area (Å²) in [6.45, 7) is 6.07. The van der Waals surface area contributed by atoms with E-state index >= 15 is 0 Å². The van der Waals surface area contributed by atoms with Crippen LogP contribution in [0.5, 0.6) is 5.75 Å². The number of halogens is 1. The van der Waals surface area contributed by atoms with E-state index in [1.165, 1.54) is 0 Å². The molecule has 0 spiro atoms. The van der Waals surface area contributed by atoms with Gasteiger partial charge in [-0.15, -0.1) is 0 Å². The number of benzene rings is 1. The van der Waals surface area contributed by atoms with Crippen molar-refractivity contribution in [2.24, 2.45) is 11.0 Å². The molecule has 19 heavy (non-hydrogen) atoms. The zero-order valence-corrected chi connectivity index (χ0v) is 13.0. The summed E-state index contributed by atoms with van der Waals surface area (Å²) >= 11 is 3.34. The highest BCUT2D eigenvalue weighted by Gasteiger charge is 2.05. The number of nitrogens with zero attached hydrogens (tertiary/aromatic N) is 1. The zero-order chi connectivity index (χ0) is 14.3. The van der Waals surface area contributed by atoms with Crippen LogP contribution in [0.25, 0.3) is 0 Å². The molecule has 0 saturated heterocycles. The van der Waals surface area contributed by atoms with Gasteiger partial charge < -0.3 is 4.74 Å². The lowest BCUT2D eigenvalue weighted by Gasteiger charge is -2.08. The molecule has 0 unspecified atom stereocenters. The second kappa shape index (κ2) is 7.94. The highest BCUT2D eigenvalue weighted by molar-refractivity contribution is 9.10. The van der Waals surface area contributed by atoms with Gasteiger partial charge in [0.1, 0.15) is 5.75 Å². The Bertz CT molecular complexity index is 459. The molecule has 0 aliphatic heterocycles. The molecule has 104 valence electrons. The van der Waals surface area contributed by atoms with Gasteiger partial charge in [-0.1, -0.05) is 42.8 Å². The molecule has 1 rings (SSSR count). The van der Waals surface area contributed by atoms with Gasteiger partial charge in [-0.05, 0) is 30.5 Å². The van der Waals surface area contributed by atoms with E-state index in [4.69, 9.17) is 4.74 Å². The first-order chi connectivity index (χ1) is 9.02. The maximum atomic E-state index is 11.6. The highest BCUT2D eigenvalue weighted by Crippen LogP contribution is 2.17. The smallest absolute Gasteiger partial charge is 0.277 e. The molecular formula is C14H19BrN2O2. The fourth-order valence-corrected chi connectivity index (χ4v) is 1.87.